The number of rotatable bonds is 6. The Morgan fingerprint density at radius 3 is 1.19 bits per heavy atom. The lowest BCUT2D eigenvalue weighted by molar-refractivity contribution is -0.121. The summed E-state index contributed by atoms with van der Waals surface area (Å²) >= 11 is 0. The van der Waals surface area contributed by atoms with Gasteiger partial charge in [-0.05, 0) is 0 Å². The second-order valence-electron chi connectivity index (χ2n) is 2.88. The second-order valence-corrected chi connectivity index (χ2v) is 2.88. The van der Waals surface area contributed by atoms with E-state index in [1.807, 2.05) is 0 Å². The number of aliphatic hydroxyl groups excluding tert-OH is 7. The molecule has 0 aromatic rings. The van der Waals surface area contributed by atoms with Crippen molar-refractivity contribution in [1.29, 1.82) is 0 Å². The highest BCUT2D eigenvalue weighted by Gasteiger charge is 2.12. The number of hydrogen-bond acceptors (Lipinski definition) is 8. The fraction of sp³-hybridized carbons (Fsp3) is 0.875. The largest absolute Gasteiger partial charge is 0.394 e. The van der Waals surface area contributed by atoms with Gasteiger partial charge in [-0.1, -0.05) is 0 Å². The third-order valence-corrected chi connectivity index (χ3v) is 1.54. The molecular weight excluding hydrogens is 224 g/mol. The molecule has 0 spiro atoms. The van der Waals surface area contributed by atoms with Crippen molar-refractivity contribution in [2.75, 3.05) is 19.8 Å². The van der Waals surface area contributed by atoms with Crippen LogP contribution in [0.1, 0.15) is 0 Å². The molecule has 0 fully saturated rings. The Kier molecular flexibility index (Phi) is 12.1. The maximum atomic E-state index is 9.58. The highest BCUT2D eigenvalue weighted by molar-refractivity contribution is 5.56. The van der Waals surface area contributed by atoms with Gasteiger partial charge in [0, 0.05) is 0 Å². The van der Waals surface area contributed by atoms with Crippen LogP contribution in [0.4, 0.5) is 0 Å². The summed E-state index contributed by atoms with van der Waals surface area (Å²) in [7, 11) is 0. The first kappa shape index (κ1) is 17.8. The molecule has 0 amide bonds. The Morgan fingerprint density at radius 1 is 0.750 bits per heavy atom. The van der Waals surface area contributed by atoms with Crippen LogP contribution in [0.15, 0.2) is 0 Å². The third-order valence-electron chi connectivity index (χ3n) is 1.54. The van der Waals surface area contributed by atoms with Crippen molar-refractivity contribution < 1.29 is 40.5 Å². The molecule has 0 aliphatic carbocycles. The number of hydrogen-bond donors (Lipinski definition) is 7. The van der Waals surface area contributed by atoms with Crippen molar-refractivity contribution in [3.8, 4) is 0 Å². The van der Waals surface area contributed by atoms with Crippen molar-refractivity contribution in [2.45, 2.75) is 24.4 Å². The quantitative estimate of drug-likeness (QED) is 0.230. The van der Waals surface area contributed by atoms with Gasteiger partial charge in [0.05, 0.1) is 19.8 Å². The second kappa shape index (κ2) is 10.9. The summed E-state index contributed by atoms with van der Waals surface area (Å²) in [6, 6.07) is 0. The van der Waals surface area contributed by atoms with Crippen molar-refractivity contribution in [3.05, 3.63) is 0 Å². The summed E-state index contributed by atoms with van der Waals surface area (Å²) in [5.74, 6) is 0. The normalized spacial score (nSPS) is 17.7. The van der Waals surface area contributed by atoms with Crippen molar-refractivity contribution in [2.24, 2.45) is 0 Å². The Hall–Kier alpha value is -0.610. The van der Waals surface area contributed by atoms with Gasteiger partial charge in [-0.2, -0.15) is 0 Å². The minimum absolute atomic E-state index is 0.168. The van der Waals surface area contributed by atoms with E-state index >= 15 is 0 Å². The first-order chi connectivity index (χ1) is 7.44. The van der Waals surface area contributed by atoms with E-state index in [1.165, 1.54) is 0 Å². The zero-order valence-electron chi connectivity index (χ0n) is 8.55. The summed E-state index contributed by atoms with van der Waals surface area (Å²) in [4.78, 5) is 9.58. The molecule has 8 heteroatoms. The van der Waals surface area contributed by atoms with Gasteiger partial charge in [-0.25, -0.2) is 0 Å². The van der Waals surface area contributed by atoms with Gasteiger partial charge in [-0.3, -0.25) is 0 Å². The van der Waals surface area contributed by atoms with Gasteiger partial charge in [-0.15, -0.1) is 0 Å². The number of carbonyl (C=O) groups excluding carboxylic acids is 1. The van der Waals surface area contributed by atoms with Gasteiger partial charge >= 0.3 is 0 Å². The molecular formula is C8H18O8. The number of aliphatic hydroxyl groups is 7. The van der Waals surface area contributed by atoms with Gasteiger partial charge in [0.1, 0.15) is 24.4 Å². The first-order valence-corrected chi connectivity index (χ1v) is 4.44. The summed E-state index contributed by atoms with van der Waals surface area (Å²) in [6.45, 7) is -1.65. The standard InChI is InChI=1S/C4H10O4.C4H8O4/c2*5-1-3(7)4(8)2-6/h3-8H,1-2H2;1,3-4,6-8H,2H2. The van der Waals surface area contributed by atoms with E-state index in [0.29, 0.717) is 0 Å². The van der Waals surface area contributed by atoms with Crippen LogP contribution in [0.25, 0.3) is 0 Å². The lowest BCUT2D eigenvalue weighted by Gasteiger charge is -2.10. The van der Waals surface area contributed by atoms with Crippen LogP contribution < -0.4 is 0 Å². The summed E-state index contributed by atoms with van der Waals surface area (Å²) < 4.78 is 0. The fourth-order valence-electron chi connectivity index (χ4n) is 0.442. The molecule has 0 saturated heterocycles. The van der Waals surface area contributed by atoms with Crippen LogP contribution in [-0.4, -0.2) is 86.3 Å². The Bertz CT molecular complexity index is 156. The van der Waals surface area contributed by atoms with Crippen molar-refractivity contribution in [3.63, 3.8) is 0 Å². The maximum absolute atomic E-state index is 9.58. The van der Waals surface area contributed by atoms with Gasteiger partial charge in [0.15, 0.2) is 6.29 Å². The van der Waals surface area contributed by atoms with E-state index in [9.17, 15) is 4.79 Å². The molecule has 0 heterocycles. The molecule has 4 atom stereocenters. The van der Waals surface area contributed by atoms with Crippen LogP contribution in [0.5, 0.6) is 0 Å². The lowest BCUT2D eigenvalue weighted by atomic mass is 10.2. The van der Waals surface area contributed by atoms with Crippen molar-refractivity contribution in [1.82, 2.24) is 0 Å². The van der Waals surface area contributed by atoms with Gasteiger partial charge < -0.3 is 40.5 Å². The lowest BCUT2D eigenvalue weighted by Crippen LogP contribution is -2.31. The predicted octanol–water partition coefficient (Wildman–Crippen LogP) is -4.41. The smallest absolute Gasteiger partial charge is 0.151 e. The zero-order valence-corrected chi connectivity index (χ0v) is 8.55. The molecule has 0 aromatic heterocycles. The molecule has 16 heavy (non-hydrogen) atoms. The van der Waals surface area contributed by atoms with Crippen molar-refractivity contribution >= 4 is 6.29 Å². The van der Waals surface area contributed by atoms with Crippen LogP contribution in [0.2, 0.25) is 0 Å². The molecule has 0 saturated carbocycles. The number of carbonyl (C=O) groups is 1. The third kappa shape index (κ3) is 8.68. The molecule has 0 bridgehead atoms. The molecule has 0 aliphatic rings. The van der Waals surface area contributed by atoms with E-state index in [-0.39, 0.29) is 6.29 Å². The minimum atomic E-state index is -1.46. The molecule has 0 aromatic carbocycles. The summed E-state index contributed by atoms with van der Waals surface area (Å²) in [5, 5.41) is 58.0. The average molecular weight is 242 g/mol. The first-order valence-electron chi connectivity index (χ1n) is 4.44. The predicted molar refractivity (Wildman–Crippen MR) is 51.3 cm³/mol. The van der Waals surface area contributed by atoms with E-state index in [2.05, 4.69) is 0 Å². The molecule has 0 aliphatic heterocycles. The van der Waals surface area contributed by atoms with Crippen LogP contribution in [0.3, 0.4) is 0 Å². The monoisotopic (exact) mass is 242 g/mol. The fourth-order valence-corrected chi connectivity index (χ4v) is 0.442. The summed E-state index contributed by atoms with van der Waals surface area (Å²) in [5.41, 5.74) is 0. The van der Waals surface area contributed by atoms with Crippen LogP contribution in [0, 0.1) is 0 Å². The van der Waals surface area contributed by atoms with Crippen LogP contribution >= 0.6 is 0 Å². The molecule has 98 valence electrons. The Labute approximate surface area is 92.0 Å². The molecule has 0 rings (SSSR count). The molecule has 4 unspecified atom stereocenters. The van der Waals surface area contributed by atoms with E-state index < -0.39 is 44.2 Å². The SMILES string of the molecule is O=CC(O)C(O)CO.OCC(O)C(O)CO. The topological polar surface area (TPSA) is 159 Å². The molecule has 0 radical (unpaired) electrons. The Morgan fingerprint density at radius 2 is 1.06 bits per heavy atom. The Balaban J connectivity index is 0. The maximum Gasteiger partial charge on any atom is 0.151 e. The highest BCUT2D eigenvalue weighted by atomic mass is 16.4. The molecule has 8 nitrogen and oxygen atoms in total. The summed E-state index contributed by atoms with van der Waals surface area (Å²) in [6.07, 6.45) is -5.08. The highest BCUT2D eigenvalue weighted by Crippen LogP contribution is 1.88. The van der Waals surface area contributed by atoms with E-state index in [0.717, 1.165) is 0 Å². The van der Waals surface area contributed by atoms with E-state index in [1.54, 1.807) is 0 Å². The molecule has 7 N–H and O–H groups in total. The average Bonchev–Trinajstić information content (AvgIpc) is 2.35. The van der Waals surface area contributed by atoms with Gasteiger partial charge in [0.25, 0.3) is 0 Å². The minimum Gasteiger partial charge on any atom is -0.394 e. The van der Waals surface area contributed by atoms with Crippen LogP contribution in [-0.2, 0) is 4.79 Å². The zero-order chi connectivity index (χ0) is 13.1. The van der Waals surface area contributed by atoms with Gasteiger partial charge in [0.2, 0.25) is 0 Å². The van der Waals surface area contributed by atoms with E-state index in [4.69, 9.17) is 35.7 Å². The number of aldehydes is 1.